The number of rotatable bonds is 4. The molecule has 0 N–H and O–H groups in total. The first kappa shape index (κ1) is 12.2. The summed E-state index contributed by atoms with van der Waals surface area (Å²) in [5.74, 6) is 0.779. The van der Waals surface area contributed by atoms with Crippen LogP contribution < -0.4 is 0 Å². The second kappa shape index (κ2) is 5.26. The zero-order chi connectivity index (χ0) is 10.6. The van der Waals surface area contributed by atoms with E-state index in [1.54, 1.807) is 21.3 Å². The monoisotopic (exact) mass is 218 g/mol. The molecule has 4 heteroatoms. The molecular formula is C10H22O3Si. The van der Waals surface area contributed by atoms with Crippen molar-refractivity contribution in [3.05, 3.63) is 0 Å². The molecule has 14 heavy (non-hydrogen) atoms. The van der Waals surface area contributed by atoms with Crippen molar-refractivity contribution >= 4 is 8.80 Å². The molecule has 0 radical (unpaired) electrons. The van der Waals surface area contributed by atoms with Crippen LogP contribution in [0.3, 0.4) is 0 Å². The second-order valence-electron chi connectivity index (χ2n) is 4.18. The predicted molar refractivity (Wildman–Crippen MR) is 58.2 cm³/mol. The maximum absolute atomic E-state index is 5.52. The summed E-state index contributed by atoms with van der Waals surface area (Å²) in [7, 11) is 2.76. The topological polar surface area (TPSA) is 27.7 Å². The summed E-state index contributed by atoms with van der Waals surface area (Å²) in [4.78, 5) is 0. The van der Waals surface area contributed by atoms with Crippen LogP contribution in [0.1, 0.15) is 32.6 Å². The lowest BCUT2D eigenvalue weighted by Crippen LogP contribution is -2.48. The first-order valence-electron chi connectivity index (χ1n) is 5.34. The molecule has 1 saturated carbocycles. The lowest BCUT2D eigenvalue weighted by Gasteiger charge is -2.36. The van der Waals surface area contributed by atoms with Crippen LogP contribution in [-0.2, 0) is 13.3 Å². The van der Waals surface area contributed by atoms with Gasteiger partial charge >= 0.3 is 8.80 Å². The smallest absolute Gasteiger partial charge is 0.377 e. The van der Waals surface area contributed by atoms with Crippen molar-refractivity contribution in [3.8, 4) is 0 Å². The van der Waals surface area contributed by atoms with Gasteiger partial charge in [0.15, 0.2) is 0 Å². The minimum atomic E-state index is -2.36. The minimum Gasteiger partial charge on any atom is -0.377 e. The maximum Gasteiger partial charge on any atom is 0.503 e. The Morgan fingerprint density at radius 3 is 2.00 bits per heavy atom. The SMILES string of the molecule is CO[Si](OC)(OC)C1CCCC(C)C1. The van der Waals surface area contributed by atoms with Gasteiger partial charge in [-0.05, 0) is 18.8 Å². The van der Waals surface area contributed by atoms with Gasteiger partial charge in [0.25, 0.3) is 0 Å². The highest BCUT2D eigenvalue weighted by Crippen LogP contribution is 2.40. The summed E-state index contributed by atoms with van der Waals surface area (Å²) in [6.45, 7) is 2.30. The number of hydrogen-bond acceptors (Lipinski definition) is 3. The van der Waals surface area contributed by atoms with Crippen LogP contribution in [0.25, 0.3) is 0 Å². The molecule has 84 valence electrons. The second-order valence-corrected chi connectivity index (χ2v) is 7.43. The van der Waals surface area contributed by atoms with Crippen LogP contribution >= 0.6 is 0 Å². The molecule has 0 aromatic rings. The third-order valence-corrected chi connectivity index (χ3v) is 6.52. The van der Waals surface area contributed by atoms with E-state index in [1.807, 2.05) is 0 Å². The average molecular weight is 218 g/mol. The van der Waals surface area contributed by atoms with E-state index in [4.69, 9.17) is 13.3 Å². The Bertz CT molecular complexity index is 162. The lowest BCUT2D eigenvalue weighted by atomic mass is 9.90. The molecule has 0 saturated heterocycles. The van der Waals surface area contributed by atoms with Crippen molar-refractivity contribution in [2.45, 2.75) is 38.1 Å². The maximum atomic E-state index is 5.52. The molecule has 2 unspecified atom stereocenters. The van der Waals surface area contributed by atoms with E-state index >= 15 is 0 Å². The van der Waals surface area contributed by atoms with Gasteiger partial charge in [0, 0.05) is 26.9 Å². The fraction of sp³-hybridized carbons (Fsp3) is 1.00. The van der Waals surface area contributed by atoms with Gasteiger partial charge in [-0.2, -0.15) is 0 Å². The molecule has 1 aliphatic carbocycles. The normalized spacial score (nSPS) is 29.1. The molecule has 0 aliphatic heterocycles. The minimum absolute atomic E-state index is 0.492. The van der Waals surface area contributed by atoms with E-state index < -0.39 is 8.80 Å². The average Bonchev–Trinajstić information content (AvgIpc) is 2.22. The third kappa shape index (κ3) is 2.37. The third-order valence-electron chi connectivity index (χ3n) is 3.29. The molecule has 0 spiro atoms. The summed E-state index contributed by atoms with van der Waals surface area (Å²) in [6, 6.07) is 0. The van der Waals surface area contributed by atoms with Crippen molar-refractivity contribution in [2.75, 3.05) is 21.3 Å². The highest BCUT2D eigenvalue weighted by atomic mass is 28.4. The Hall–Kier alpha value is 0.0969. The van der Waals surface area contributed by atoms with Gasteiger partial charge in [0.05, 0.1) is 0 Å². The molecule has 3 nitrogen and oxygen atoms in total. The van der Waals surface area contributed by atoms with E-state index in [0.29, 0.717) is 5.54 Å². The van der Waals surface area contributed by atoms with Gasteiger partial charge in [-0.1, -0.05) is 19.8 Å². The van der Waals surface area contributed by atoms with Gasteiger partial charge in [0.2, 0.25) is 0 Å². The molecule has 0 heterocycles. The zero-order valence-electron chi connectivity index (χ0n) is 9.71. The van der Waals surface area contributed by atoms with Gasteiger partial charge in [-0.25, -0.2) is 0 Å². The van der Waals surface area contributed by atoms with Crippen LogP contribution in [-0.4, -0.2) is 30.1 Å². The fourth-order valence-corrected chi connectivity index (χ4v) is 5.25. The largest absolute Gasteiger partial charge is 0.503 e. The quantitative estimate of drug-likeness (QED) is 0.678. The molecule has 1 fully saturated rings. The summed E-state index contributed by atoms with van der Waals surface area (Å²) < 4.78 is 16.6. The summed E-state index contributed by atoms with van der Waals surface area (Å²) in [6.07, 6.45) is 4.97. The predicted octanol–water partition coefficient (Wildman–Crippen LogP) is 2.44. The number of hydrogen-bond donors (Lipinski definition) is 0. The Labute approximate surface area is 88.1 Å². The molecule has 1 rings (SSSR count). The van der Waals surface area contributed by atoms with Crippen LogP contribution in [0.2, 0.25) is 5.54 Å². The molecule has 1 aliphatic rings. The van der Waals surface area contributed by atoms with Crippen LogP contribution in [0, 0.1) is 5.92 Å². The molecular weight excluding hydrogens is 196 g/mol. The van der Waals surface area contributed by atoms with E-state index in [1.165, 1.54) is 25.7 Å². The van der Waals surface area contributed by atoms with Crippen LogP contribution in [0.4, 0.5) is 0 Å². The van der Waals surface area contributed by atoms with Crippen molar-refractivity contribution in [3.63, 3.8) is 0 Å². The van der Waals surface area contributed by atoms with Gasteiger partial charge < -0.3 is 13.3 Å². The van der Waals surface area contributed by atoms with Gasteiger partial charge in [0.1, 0.15) is 0 Å². The Kier molecular flexibility index (Phi) is 4.57. The Morgan fingerprint density at radius 2 is 1.57 bits per heavy atom. The standard InChI is InChI=1S/C10H22O3Si/c1-9-6-5-7-10(8-9)14(11-2,12-3)13-4/h9-10H,5-8H2,1-4H3. The Balaban J connectivity index is 2.66. The molecule has 0 bridgehead atoms. The van der Waals surface area contributed by atoms with E-state index in [2.05, 4.69) is 6.92 Å². The summed E-state index contributed by atoms with van der Waals surface area (Å²) >= 11 is 0. The molecule has 2 atom stereocenters. The van der Waals surface area contributed by atoms with E-state index in [0.717, 1.165) is 5.92 Å². The Morgan fingerprint density at radius 1 is 1.00 bits per heavy atom. The van der Waals surface area contributed by atoms with Gasteiger partial charge in [-0.3, -0.25) is 0 Å². The van der Waals surface area contributed by atoms with Crippen molar-refractivity contribution in [1.82, 2.24) is 0 Å². The summed E-state index contributed by atoms with van der Waals surface area (Å²) in [5, 5.41) is 0. The first-order valence-corrected chi connectivity index (χ1v) is 7.14. The fourth-order valence-electron chi connectivity index (χ4n) is 2.51. The van der Waals surface area contributed by atoms with Crippen LogP contribution in [0.5, 0.6) is 0 Å². The highest BCUT2D eigenvalue weighted by molar-refractivity contribution is 6.62. The molecule has 0 aromatic carbocycles. The van der Waals surface area contributed by atoms with Crippen LogP contribution in [0.15, 0.2) is 0 Å². The van der Waals surface area contributed by atoms with E-state index in [9.17, 15) is 0 Å². The van der Waals surface area contributed by atoms with E-state index in [-0.39, 0.29) is 0 Å². The zero-order valence-corrected chi connectivity index (χ0v) is 10.7. The molecule has 0 aromatic heterocycles. The van der Waals surface area contributed by atoms with Crippen molar-refractivity contribution in [2.24, 2.45) is 5.92 Å². The first-order chi connectivity index (χ1) is 6.68. The van der Waals surface area contributed by atoms with Crippen molar-refractivity contribution < 1.29 is 13.3 Å². The highest BCUT2D eigenvalue weighted by Gasteiger charge is 2.48. The summed E-state index contributed by atoms with van der Waals surface area (Å²) in [5.41, 5.74) is 0.492. The van der Waals surface area contributed by atoms with Crippen molar-refractivity contribution in [1.29, 1.82) is 0 Å². The lowest BCUT2D eigenvalue weighted by molar-refractivity contribution is 0.100. The van der Waals surface area contributed by atoms with Gasteiger partial charge in [-0.15, -0.1) is 0 Å². The molecule has 0 amide bonds.